The number of piperidine rings is 1. The van der Waals surface area contributed by atoms with Gasteiger partial charge in [-0.3, -0.25) is 9.58 Å². The van der Waals surface area contributed by atoms with Crippen molar-refractivity contribution in [3.63, 3.8) is 0 Å². The molecule has 2 heterocycles. The predicted octanol–water partition coefficient (Wildman–Crippen LogP) is 2.69. The lowest BCUT2D eigenvalue weighted by Gasteiger charge is -2.40. The fourth-order valence-corrected chi connectivity index (χ4v) is 4.01. The molecule has 1 aromatic heterocycles. The van der Waals surface area contributed by atoms with Crippen LogP contribution in [0.25, 0.3) is 0 Å². The number of nitriles is 1. The molecule has 3 rings (SSSR count). The summed E-state index contributed by atoms with van der Waals surface area (Å²) in [7, 11) is 6.36. The number of aromatic nitrogens is 2. The third-order valence-electron chi connectivity index (χ3n) is 5.34. The third kappa shape index (κ3) is 5.09. The number of hydrogen-bond donors (Lipinski definition) is 0. The van der Waals surface area contributed by atoms with Crippen molar-refractivity contribution in [2.45, 2.75) is 18.9 Å². The third-order valence-corrected chi connectivity index (χ3v) is 5.34. The lowest BCUT2D eigenvalue weighted by molar-refractivity contribution is 0.0901. The van der Waals surface area contributed by atoms with Crippen LogP contribution < -0.4 is 4.74 Å². The lowest BCUT2D eigenvalue weighted by Crippen LogP contribution is -2.41. The monoisotopic (exact) mass is 367 g/mol. The average Bonchev–Trinajstić information content (AvgIpc) is 3.08. The molecule has 0 aliphatic carbocycles. The van der Waals surface area contributed by atoms with Gasteiger partial charge in [-0.2, -0.15) is 10.4 Å². The molecule has 0 spiro atoms. The topological polar surface area (TPSA) is 57.3 Å². The van der Waals surface area contributed by atoms with Crippen LogP contribution in [0.2, 0.25) is 0 Å². The van der Waals surface area contributed by atoms with E-state index >= 15 is 0 Å². The molecule has 6 heteroatoms. The van der Waals surface area contributed by atoms with Crippen LogP contribution in [0, 0.1) is 17.2 Å². The molecule has 1 aliphatic heterocycles. The summed E-state index contributed by atoms with van der Waals surface area (Å²) in [5.74, 6) is 1.40. The highest BCUT2D eigenvalue weighted by Gasteiger charge is 2.31. The number of rotatable bonds is 7. The van der Waals surface area contributed by atoms with Crippen LogP contribution in [0.3, 0.4) is 0 Å². The Morgan fingerprint density at radius 3 is 2.74 bits per heavy atom. The minimum Gasteiger partial charge on any atom is -0.492 e. The number of likely N-dealkylation sites (tertiary alicyclic amines) is 1. The van der Waals surface area contributed by atoms with Crippen LogP contribution in [0.1, 0.15) is 30.0 Å². The van der Waals surface area contributed by atoms with Crippen molar-refractivity contribution in [3.8, 4) is 11.8 Å². The number of hydrogen-bond acceptors (Lipinski definition) is 5. The second-order valence-electron chi connectivity index (χ2n) is 7.52. The molecule has 6 nitrogen and oxygen atoms in total. The van der Waals surface area contributed by atoms with Crippen molar-refractivity contribution in [3.05, 3.63) is 47.8 Å². The molecule has 1 saturated heterocycles. The van der Waals surface area contributed by atoms with Gasteiger partial charge in [-0.05, 0) is 63.7 Å². The van der Waals surface area contributed by atoms with Gasteiger partial charge < -0.3 is 9.64 Å². The maximum Gasteiger partial charge on any atom is 0.119 e. The van der Waals surface area contributed by atoms with Crippen LogP contribution in [0.5, 0.6) is 5.75 Å². The van der Waals surface area contributed by atoms with E-state index in [2.05, 4.69) is 41.3 Å². The van der Waals surface area contributed by atoms with E-state index in [1.807, 2.05) is 30.1 Å². The van der Waals surface area contributed by atoms with E-state index in [-0.39, 0.29) is 0 Å². The molecule has 0 N–H and O–H groups in total. The van der Waals surface area contributed by atoms with E-state index in [1.54, 1.807) is 12.1 Å². The highest BCUT2D eigenvalue weighted by atomic mass is 16.5. The van der Waals surface area contributed by atoms with Gasteiger partial charge in [0.2, 0.25) is 0 Å². The Balaban J connectivity index is 1.52. The van der Waals surface area contributed by atoms with E-state index in [0.29, 0.717) is 24.1 Å². The summed E-state index contributed by atoms with van der Waals surface area (Å²) < 4.78 is 7.72. The molecule has 0 amide bonds. The molecule has 144 valence electrons. The van der Waals surface area contributed by atoms with Gasteiger partial charge in [0.1, 0.15) is 12.4 Å². The molecule has 0 bridgehead atoms. The molecule has 1 fully saturated rings. The van der Waals surface area contributed by atoms with Crippen molar-refractivity contribution in [2.75, 3.05) is 40.3 Å². The van der Waals surface area contributed by atoms with Gasteiger partial charge in [-0.25, -0.2) is 0 Å². The number of nitrogens with zero attached hydrogens (tertiary/aromatic N) is 5. The molecule has 0 saturated carbocycles. The predicted molar refractivity (Wildman–Crippen MR) is 105 cm³/mol. The van der Waals surface area contributed by atoms with Gasteiger partial charge in [0.05, 0.1) is 17.8 Å². The first-order valence-electron chi connectivity index (χ1n) is 9.57. The highest BCUT2D eigenvalue weighted by molar-refractivity contribution is 5.34. The van der Waals surface area contributed by atoms with Gasteiger partial charge in [0.25, 0.3) is 0 Å². The molecule has 0 radical (unpaired) electrons. The summed E-state index contributed by atoms with van der Waals surface area (Å²) in [4.78, 5) is 4.82. The van der Waals surface area contributed by atoms with E-state index < -0.39 is 0 Å². The van der Waals surface area contributed by atoms with Gasteiger partial charge in [0, 0.05) is 37.9 Å². The summed E-state index contributed by atoms with van der Waals surface area (Å²) in [5, 5.41) is 13.2. The highest BCUT2D eigenvalue weighted by Crippen LogP contribution is 2.35. The van der Waals surface area contributed by atoms with Crippen LogP contribution in [-0.2, 0) is 7.05 Å². The quantitative estimate of drug-likeness (QED) is 0.753. The summed E-state index contributed by atoms with van der Waals surface area (Å²) in [5.41, 5.74) is 1.97. The Morgan fingerprint density at radius 1 is 1.30 bits per heavy atom. The fraction of sp³-hybridized carbons (Fsp3) is 0.524. The van der Waals surface area contributed by atoms with Crippen LogP contribution in [-0.4, -0.2) is 59.9 Å². The van der Waals surface area contributed by atoms with E-state index in [4.69, 9.17) is 10.00 Å². The lowest BCUT2D eigenvalue weighted by atomic mass is 9.86. The molecule has 1 aromatic carbocycles. The molecule has 1 aliphatic rings. The maximum absolute atomic E-state index is 8.85. The summed E-state index contributed by atoms with van der Waals surface area (Å²) in [6.07, 6.45) is 6.64. The van der Waals surface area contributed by atoms with E-state index in [1.165, 1.54) is 18.4 Å². The largest absolute Gasteiger partial charge is 0.492 e. The minimum absolute atomic E-state index is 0.425. The standard InChI is InChI=1S/C21H29N5O/c1-24(11-12-27-20-8-6-17(13-22)7-9-20)15-18-5-4-10-25(2)21(18)19-14-23-26(3)16-19/h6-9,14,16,18,21H,4-5,10-12,15H2,1-3H3/t18-,21+/m0/s1. The Hall–Kier alpha value is -2.36. The Kier molecular flexibility index (Phi) is 6.49. The molecule has 2 aromatic rings. The van der Waals surface area contributed by atoms with Crippen molar-refractivity contribution in [2.24, 2.45) is 13.0 Å². The number of benzene rings is 1. The minimum atomic E-state index is 0.425. The molecular weight excluding hydrogens is 338 g/mol. The summed E-state index contributed by atoms with van der Waals surface area (Å²) in [6, 6.07) is 9.83. The van der Waals surface area contributed by atoms with Gasteiger partial charge in [-0.1, -0.05) is 0 Å². The fourth-order valence-electron chi connectivity index (χ4n) is 4.01. The van der Waals surface area contributed by atoms with Gasteiger partial charge >= 0.3 is 0 Å². The van der Waals surface area contributed by atoms with Crippen molar-refractivity contribution < 1.29 is 4.74 Å². The first kappa shape index (κ1) is 19.4. The SMILES string of the molecule is CN(CCOc1ccc(C#N)cc1)C[C@@H]1CCCN(C)[C@H]1c1cnn(C)c1. The average molecular weight is 367 g/mol. The van der Waals surface area contributed by atoms with Crippen molar-refractivity contribution in [1.82, 2.24) is 19.6 Å². The molecular formula is C21H29N5O. The van der Waals surface area contributed by atoms with Crippen molar-refractivity contribution in [1.29, 1.82) is 5.26 Å². The molecule has 27 heavy (non-hydrogen) atoms. The summed E-state index contributed by atoms with van der Waals surface area (Å²) >= 11 is 0. The van der Waals surface area contributed by atoms with Crippen molar-refractivity contribution >= 4 is 0 Å². The summed E-state index contributed by atoms with van der Waals surface area (Å²) in [6.45, 7) is 3.70. The first-order valence-corrected chi connectivity index (χ1v) is 9.57. The number of ether oxygens (including phenoxy) is 1. The number of aryl methyl sites for hydroxylation is 1. The normalized spacial score (nSPS) is 20.6. The zero-order chi connectivity index (χ0) is 19.2. The zero-order valence-electron chi connectivity index (χ0n) is 16.5. The van der Waals surface area contributed by atoms with Crippen LogP contribution >= 0.6 is 0 Å². The second-order valence-corrected chi connectivity index (χ2v) is 7.52. The van der Waals surface area contributed by atoms with Crippen LogP contribution in [0.15, 0.2) is 36.7 Å². The first-order chi connectivity index (χ1) is 13.1. The molecule has 0 unspecified atom stereocenters. The van der Waals surface area contributed by atoms with E-state index in [9.17, 15) is 0 Å². The van der Waals surface area contributed by atoms with E-state index in [0.717, 1.165) is 25.4 Å². The van der Waals surface area contributed by atoms with Gasteiger partial charge in [-0.15, -0.1) is 0 Å². The van der Waals surface area contributed by atoms with Gasteiger partial charge in [0.15, 0.2) is 0 Å². The Morgan fingerprint density at radius 2 is 2.07 bits per heavy atom. The zero-order valence-corrected chi connectivity index (χ0v) is 16.5. The Labute approximate surface area is 161 Å². The smallest absolute Gasteiger partial charge is 0.119 e. The van der Waals surface area contributed by atoms with Crippen LogP contribution in [0.4, 0.5) is 0 Å². The second kappa shape index (κ2) is 9.03. The Bertz CT molecular complexity index is 764. The molecule has 2 atom stereocenters. The number of likely N-dealkylation sites (N-methyl/N-ethyl adjacent to an activating group) is 1. The maximum atomic E-state index is 8.85.